The monoisotopic (exact) mass is 388 g/mol. The first-order chi connectivity index (χ1) is 14.8. The van der Waals surface area contributed by atoms with E-state index in [9.17, 15) is 0 Å². The third-order valence-electron chi connectivity index (χ3n) is 6.73. The van der Waals surface area contributed by atoms with Crippen LogP contribution in [0.5, 0.6) is 11.5 Å². The Labute approximate surface area is 175 Å². The molecule has 2 aliphatic heterocycles. The molecule has 4 aromatic carbocycles. The molecule has 2 heterocycles. The minimum Gasteiger partial charge on any atom is -0.444 e. The number of rotatable bonds is 0. The highest BCUT2D eigenvalue weighted by Crippen LogP contribution is 2.52. The quantitative estimate of drug-likeness (QED) is 0.319. The van der Waals surface area contributed by atoms with Crippen molar-refractivity contribution in [1.29, 1.82) is 0 Å². The van der Waals surface area contributed by atoms with Gasteiger partial charge in [0.25, 0.3) is 5.79 Å². The fourth-order valence-electron chi connectivity index (χ4n) is 5.28. The van der Waals surface area contributed by atoms with E-state index in [4.69, 9.17) is 9.47 Å². The van der Waals surface area contributed by atoms with Crippen LogP contribution < -0.4 is 9.47 Å². The molecule has 1 saturated carbocycles. The van der Waals surface area contributed by atoms with Crippen molar-refractivity contribution in [2.24, 2.45) is 0 Å². The van der Waals surface area contributed by atoms with Gasteiger partial charge < -0.3 is 9.47 Å². The van der Waals surface area contributed by atoms with Gasteiger partial charge in [0.1, 0.15) is 11.5 Å². The second-order valence-electron chi connectivity index (χ2n) is 8.42. The van der Waals surface area contributed by atoms with Gasteiger partial charge in [-0.05, 0) is 53.6 Å². The van der Waals surface area contributed by atoms with Crippen molar-refractivity contribution in [3.05, 3.63) is 95.1 Å². The summed E-state index contributed by atoms with van der Waals surface area (Å²) in [5.74, 6) is 1.01. The first-order valence-corrected chi connectivity index (χ1v) is 10.7. The molecule has 0 amide bonds. The Morgan fingerprint density at radius 1 is 0.633 bits per heavy atom. The molecule has 0 bridgehead atoms. The van der Waals surface area contributed by atoms with E-state index in [1.165, 1.54) is 32.9 Å². The van der Waals surface area contributed by atoms with Gasteiger partial charge in [0.2, 0.25) is 0 Å². The lowest BCUT2D eigenvalue weighted by atomic mass is 9.79. The van der Waals surface area contributed by atoms with E-state index in [1.54, 1.807) is 0 Å². The number of benzene rings is 4. The summed E-state index contributed by atoms with van der Waals surface area (Å²) >= 11 is 0. The lowest BCUT2D eigenvalue weighted by Crippen LogP contribution is -2.50. The topological polar surface area (TPSA) is 18.5 Å². The third kappa shape index (κ3) is 2.08. The predicted molar refractivity (Wildman–Crippen MR) is 122 cm³/mol. The summed E-state index contributed by atoms with van der Waals surface area (Å²) in [5, 5.41) is 4.79. The molecule has 4 aromatic rings. The van der Waals surface area contributed by atoms with Crippen molar-refractivity contribution < 1.29 is 9.47 Å². The van der Waals surface area contributed by atoms with E-state index in [0.29, 0.717) is 0 Å². The van der Waals surface area contributed by atoms with Crippen LogP contribution in [0.4, 0.5) is 0 Å². The Bertz CT molecular complexity index is 1430. The Morgan fingerprint density at radius 2 is 1.33 bits per heavy atom. The molecule has 144 valence electrons. The molecule has 7 rings (SSSR count). The van der Waals surface area contributed by atoms with E-state index in [-0.39, 0.29) is 0 Å². The molecule has 0 radical (unpaired) electrons. The van der Waals surface area contributed by atoms with E-state index in [1.807, 2.05) is 0 Å². The first kappa shape index (κ1) is 16.3. The van der Waals surface area contributed by atoms with Crippen LogP contribution in [-0.2, 0) is 0 Å². The lowest BCUT2D eigenvalue weighted by Gasteiger charge is -2.46. The van der Waals surface area contributed by atoms with Gasteiger partial charge in [-0.1, -0.05) is 66.7 Å². The minimum absolute atomic E-state index is 0.815. The van der Waals surface area contributed by atoms with Crippen molar-refractivity contribution in [1.82, 2.24) is 0 Å². The average Bonchev–Trinajstić information content (AvgIpc) is 2.80. The molecule has 1 aliphatic carbocycles. The predicted octanol–water partition coefficient (Wildman–Crippen LogP) is 7.13. The maximum absolute atomic E-state index is 6.85. The largest absolute Gasteiger partial charge is 0.444 e. The van der Waals surface area contributed by atoms with Gasteiger partial charge in [-0.15, -0.1) is 0 Å². The number of hydrogen-bond acceptors (Lipinski definition) is 2. The molecule has 30 heavy (non-hydrogen) atoms. The lowest BCUT2D eigenvalue weighted by molar-refractivity contribution is -0.0608. The zero-order valence-corrected chi connectivity index (χ0v) is 16.5. The summed E-state index contributed by atoms with van der Waals surface area (Å²) in [5.41, 5.74) is 4.76. The van der Waals surface area contributed by atoms with Crippen LogP contribution in [0.25, 0.3) is 33.7 Å². The van der Waals surface area contributed by atoms with Crippen LogP contribution in [0.1, 0.15) is 30.4 Å². The van der Waals surface area contributed by atoms with Crippen LogP contribution in [0.3, 0.4) is 0 Å². The molecular weight excluding hydrogens is 368 g/mol. The van der Waals surface area contributed by atoms with Gasteiger partial charge in [0.05, 0.1) is 0 Å². The van der Waals surface area contributed by atoms with E-state index < -0.39 is 5.79 Å². The van der Waals surface area contributed by atoms with Gasteiger partial charge in [0.15, 0.2) is 0 Å². The van der Waals surface area contributed by atoms with Gasteiger partial charge in [-0.2, -0.15) is 0 Å². The van der Waals surface area contributed by atoms with Gasteiger partial charge in [-0.25, -0.2) is 0 Å². The minimum atomic E-state index is -0.815. The van der Waals surface area contributed by atoms with Crippen LogP contribution in [0.2, 0.25) is 0 Å². The highest BCUT2D eigenvalue weighted by Gasteiger charge is 2.50. The van der Waals surface area contributed by atoms with Crippen molar-refractivity contribution in [2.45, 2.75) is 25.0 Å². The van der Waals surface area contributed by atoms with Crippen LogP contribution in [0, 0.1) is 0 Å². The fraction of sp³-hybridized carbons (Fsp3) is 0.143. The molecule has 1 spiro atoms. The molecule has 0 saturated heterocycles. The summed E-state index contributed by atoms with van der Waals surface area (Å²) < 4.78 is 13.6. The summed E-state index contributed by atoms with van der Waals surface area (Å²) in [6.45, 7) is 0. The second-order valence-corrected chi connectivity index (χ2v) is 8.42. The highest BCUT2D eigenvalue weighted by atomic mass is 16.7. The third-order valence-corrected chi connectivity index (χ3v) is 6.73. The maximum Gasteiger partial charge on any atom is 0.297 e. The highest BCUT2D eigenvalue weighted by molar-refractivity contribution is 5.96. The fourth-order valence-corrected chi connectivity index (χ4v) is 5.28. The molecule has 0 N–H and O–H groups in total. The maximum atomic E-state index is 6.85. The molecule has 2 heteroatoms. The summed E-state index contributed by atoms with van der Waals surface area (Å²) in [7, 11) is 0. The Kier molecular flexibility index (Phi) is 3.13. The molecule has 1 atom stereocenters. The second kappa shape index (κ2) is 5.76. The normalized spacial score (nSPS) is 21.3. The average molecular weight is 388 g/mol. The SMILES string of the molecule is C1=C2CCCC3=Cc4c(ccc5ccccc45)OC23Oc2c1ccc1ccccc21. The van der Waals surface area contributed by atoms with Gasteiger partial charge in [0, 0.05) is 27.7 Å². The molecule has 1 unspecified atom stereocenters. The standard InChI is InChI=1S/C28H20O2/c1-3-10-23-18(6-1)14-15-26-25(23)17-22-9-5-8-21-16-20-13-12-19-7-2-4-11-24(19)27(20)30-28(21,22)29-26/h1-4,6-7,10-17H,5,8-9H2. The van der Waals surface area contributed by atoms with Crippen molar-refractivity contribution in [2.75, 3.05) is 0 Å². The summed E-state index contributed by atoms with van der Waals surface area (Å²) in [6, 6.07) is 25.5. The Hall–Kier alpha value is -3.52. The van der Waals surface area contributed by atoms with E-state index in [2.05, 4.69) is 84.9 Å². The Balaban J connectivity index is 1.47. The number of ether oxygens (including phenoxy) is 2. The first-order valence-electron chi connectivity index (χ1n) is 10.7. The molecule has 1 fully saturated rings. The van der Waals surface area contributed by atoms with Crippen molar-refractivity contribution >= 4 is 33.7 Å². The molecule has 0 aromatic heterocycles. The Morgan fingerprint density at radius 3 is 2.20 bits per heavy atom. The summed E-state index contributed by atoms with van der Waals surface area (Å²) in [4.78, 5) is 0. The van der Waals surface area contributed by atoms with E-state index >= 15 is 0 Å². The van der Waals surface area contributed by atoms with Crippen LogP contribution >= 0.6 is 0 Å². The van der Waals surface area contributed by atoms with Gasteiger partial charge >= 0.3 is 0 Å². The van der Waals surface area contributed by atoms with Crippen LogP contribution in [-0.4, -0.2) is 5.79 Å². The number of fused-ring (bicyclic) bond motifs is 6. The smallest absolute Gasteiger partial charge is 0.297 e. The molecule has 3 aliphatic rings. The van der Waals surface area contributed by atoms with Crippen molar-refractivity contribution in [3.63, 3.8) is 0 Å². The zero-order chi connectivity index (χ0) is 19.7. The molecular formula is C28H20O2. The molecule has 2 nitrogen and oxygen atoms in total. The van der Waals surface area contributed by atoms with Gasteiger partial charge in [-0.3, -0.25) is 0 Å². The summed E-state index contributed by atoms with van der Waals surface area (Å²) in [6.07, 6.45) is 7.72. The van der Waals surface area contributed by atoms with Crippen molar-refractivity contribution in [3.8, 4) is 11.5 Å². The number of hydrogen-bond donors (Lipinski definition) is 0. The zero-order valence-electron chi connectivity index (χ0n) is 16.5. The van der Waals surface area contributed by atoms with Crippen LogP contribution in [0.15, 0.2) is 83.9 Å². The van der Waals surface area contributed by atoms with E-state index in [0.717, 1.165) is 41.7 Å².